The Labute approximate surface area is 141 Å². The number of aryl methyl sites for hydroxylation is 2. The van der Waals surface area contributed by atoms with Crippen LogP contribution in [0, 0.1) is 25.2 Å². The van der Waals surface area contributed by atoms with Crippen molar-refractivity contribution in [1.29, 1.82) is 5.26 Å². The molecule has 1 aromatic heterocycles. The first-order valence-corrected chi connectivity index (χ1v) is 7.78. The number of rotatable bonds is 4. The van der Waals surface area contributed by atoms with Gasteiger partial charge in [-0.05, 0) is 42.7 Å². The normalized spacial score (nSPS) is 10.4. The second-order valence-electron chi connectivity index (χ2n) is 5.88. The van der Waals surface area contributed by atoms with Crippen molar-refractivity contribution in [3.8, 4) is 11.8 Å². The second kappa shape index (κ2) is 6.55. The van der Waals surface area contributed by atoms with Crippen molar-refractivity contribution in [1.82, 2.24) is 15.0 Å². The first-order chi connectivity index (χ1) is 11.6. The maximum Gasteiger partial charge on any atom is 0.207 e. The van der Waals surface area contributed by atoms with Crippen molar-refractivity contribution in [2.75, 3.05) is 11.9 Å². The summed E-state index contributed by atoms with van der Waals surface area (Å²) in [5.74, 6) is 0.583. The van der Waals surface area contributed by atoms with E-state index in [0.717, 1.165) is 11.3 Å². The van der Waals surface area contributed by atoms with Gasteiger partial charge in [0.1, 0.15) is 6.07 Å². The summed E-state index contributed by atoms with van der Waals surface area (Å²) in [4.78, 5) is 3.47. The van der Waals surface area contributed by atoms with Gasteiger partial charge in [-0.1, -0.05) is 36.4 Å². The van der Waals surface area contributed by atoms with Crippen LogP contribution in [0.15, 0.2) is 48.5 Å². The Kier molecular flexibility index (Phi) is 4.30. The second-order valence-corrected chi connectivity index (χ2v) is 5.88. The Morgan fingerprint density at radius 2 is 1.79 bits per heavy atom. The molecule has 5 heteroatoms. The van der Waals surface area contributed by atoms with E-state index in [1.54, 1.807) is 0 Å². The van der Waals surface area contributed by atoms with Crippen molar-refractivity contribution in [3.63, 3.8) is 0 Å². The molecular weight excluding hydrogens is 298 g/mol. The largest absolute Gasteiger partial charge is 0.351 e. The van der Waals surface area contributed by atoms with Crippen molar-refractivity contribution in [2.24, 2.45) is 0 Å². The van der Waals surface area contributed by atoms with E-state index in [0.29, 0.717) is 18.1 Å². The summed E-state index contributed by atoms with van der Waals surface area (Å²) in [6.45, 7) is 4.78. The average molecular weight is 317 g/mol. The molecule has 1 heterocycles. The number of nitriles is 1. The third-order valence-electron chi connectivity index (χ3n) is 4.05. The predicted molar refractivity (Wildman–Crippen MR) is 94.1 cm³/mol. The molecule has 120 valence electrons. The first kappa shape index (κ1) is 15.8. The van der Waals surface area contributed by atoms with Gasteiger partial charge >= 0.3 is 0 Å². The molecule has 3 aromatic rings. The SMILES string of the molecule is Cc1ccc(-n2nc(C#N)c(N(C)Cc3ccccc3)n2)cc1C. The molecule has 0 amide bonds. The van der Waals surface area contributed by atoms with Gasteiger partial charge in [-0.15, -0.1) is 15.0 Å². The van der Waals surface area contributed by atoms with Crippen molar-refractivity contribution >= 4 is 5.82 Å². The number of hydrogen-bond donors (Lipinski definition) is 0. The van der Waals surface area contributed by atoms with Gasteiger partial charge in [0.2, 0.25) is 5.69 Å². The van der Waals surface area contributed by atoms with Gasteiger partial charge in [-0.25, -0.2) is 0 Å². The van der Waals surface area contributed by atoms with Gasteiger partial charge in [-0.3, -0.25) is 0 Å². The van der Waals surface area contributed by atoms with Crippen LogP contribution in [-0.4, -0.2) is 22.0 Å². The predicted octanol–water partition coefficient (Wildman–Crippen LogP) is 3.39. The summed E-state index contributed by atoms with van der Waals surface area (Å²) in [6.07, 6.45) is 0. The molecule has 0 bridgehead atoms. The molecule has 0 saturated carbocycles. The summed E-state index contributed by atoms with van der Waals surface area (Å²) >= 11 is 0. The number of benzene rings is 2. The Bertz CT molecular complexity index is 890. The molecule has 0 radical (unpaired) electrons. The lowest BCUT2D eigenvalue weighted by Gasteiger charge is -2.15. The molecule has 0 fully saturated rings. The molecule has 2 aromatic carbocycles. The highest BCUT2D eigenvalue weighted by molar-refractivity contribution is 5.50. The number of anilines is 1. The highest BCUT2D eigenvalue weighted by Gasteiger charge is 2.16. The highest BCUT2D eigenvalue weighted by Crippen LogP contribution is 2.19. The van der Waals surface area contributed by atoms with E-state index < -0.39 is 0 Å². The van der Waals surface area contributed by atoms with Gasteiger partial charge < -0.3 is 4.90 Å². The number of aromatic nitrogens is 3. The third-order valence-corrected chi connectivity index (χ3v) is 4.05. The summed E-state index contributed by atoms with van der Waals surface area (Å²) in [6, 6.07) is 18.3. The van der Waals surface area contributed by atoms with Crippen LogP contribution in [0.25, 0.3) is 5.69 Å². The first-order valence-electron chi connectivity index (χ1n) is 7.78. The summed E-state index contributed by atoms with van der Waals surface area (Å²) in [7, 11) is 1.92. The van der Waals surface area contributed by atoms with Crippen LogP contribution in [-0.2, 0) is 6.54 Å². The van der Waals surface area contributed by atoms with Gasteiger partial charge in [-0.2, -0.15) is 5.26 Å². The van der Waals surface area contributed by atoms with Crippen molar-refractivity contribution in [3.05, 3.63) is 70.9 Å². The lowest BCUT2D eigenvalue weighted by atomic mass is 10.1. The zero-order chi connectivity index (χ0) is 17.1. The number of hydrogen-bond acceptors (Lipinski definition) is 4. The molecule has 0 unspecified atom stereocenters. The molecule has 24 heavy (non-hydrogen) atoms. The summed E-state index contributed by atoms with van der Waals surface area (Å²) in [5, 5.41) is 18.3. The van der Waals surface area contributed by atoms with E-state index >= 15 is 0 Å². The van der Waals surface area contributed by atoms with Crippen molar-refractivity contribution < 1.29 is 0 Å². The highest BCUT2D eigenvalue weighted by atomic mass is 15.5. The standard InChI is InChI=1S/C19H19N5/c1-14-9-10-17(11-15(14)2)24-21-18(12-20)19(22-24)23(3)13-16-7-5-4-6-8-16/h4-11H,13H2,1-3H3. The maximum atomic E-state index is 9.40. The third kappa shape index (κ3) is 3.13. The van der Waals surface area contributed by atoms with Crippen LogP contribution < -0.4 is 4.90 Å². The minimum absolute atomic E-state index is 0.326. The van der Waals surface area contributed by atoms with Gasteiger partial charge in [0.25, 0.3) is 0 Å². The van der Waals surface area contributed by atoms with E-state index in [1.807, 2.05) is 48.3 Å². The quantitative estimate of drug-likeness (QED) is 0.740. The molecule has 5 nitrogen and oxygen atoms in total. The number of nitrogens with zero attached hydrogens (tertiary/aromatic N) is 5. The molecule has 0 aliphatic heterocycles. The smallest absolute Gasteiger partial charge is 0.207 e. The molecule has 0 spiro atoms. The fourth-order valence-corrected chi connectivity index (χ4v) is 2.53. The van der Waals surface area contributed by atoms with E-state index in [4.69, 9.17) is 0 Å². The van der Waals surface area contributed by atoms with Crippen LogP contribution in [0.2, 0.25) is 0 Å². The molecule has 0 N–H and O–H groups in total. The Hall–Kier alpha value is -3.13. The van der Waals surface area contributed by atoms with Gasteiger partial charge in [0.05, 0.1) is 5.69 Å². The zero-order valence-corrected chi connectivity index (χ0v) is 14.1. The van der Waals surface area contributed by atoms with Crippen LogP contribution in [0.3, 0.4) is 0 Å². The summed E-state index contributed by atoms with van der Waals surface area (Å²) in [5.41, 5.74) is 4.72. The van der Waals surface area contributed by atoms with E-state index in [2.05, 4.69) is 42.2 Å². The Morgan fingerprint density at radius 1 is 1.04 bits per heavy atom. The van der Waals surface area contributed by atoms with E-state index in [1.165, 1.54) is 15.9 Å². The molecule has 0 saturated heterocycles. The molecular formula is C19H19N5. The zero-order valence-electron chi connectivity index (χ0n) is 14.1. The molecule has 3 rings (SSSR count). The lowest BCUT2D eigenvalue weighted by Crippen LogP contribution is -2.18. The van der Waals surface area contributed by atoms with E-state index in [-0.39, 0.29) is 0 Å². The van der Waals surface area contributed by atoms with Crippen LogP contribution in [0.4, 0.5) is 5.82 Å². The summed E-state index contributed by atoms with van der Waals surface area (Å²) < 4.78 is 0. The minimum atomic E-state index is 0.326. The van der Waals surface area contributed by atoms with Crippen LogP contribution >= 0.6 is 0 Å². The molecule has 0 aliphatic rings. The molecule has 0 atom stereocenters. The van der Waals surface area contributed by atoms with E-state index in [9.17, 15) is 5.26 Å². The maximum absolute atomic E-state index is 9.40. The fourth-order valence-electron chi connectivity index (χ4n) is 2.53. The minimum Gasteiger partial charge on any atom is -0.351 e. The van der Waals surface area contributed by atoms with Gasteiger partial charge in [0, 0.05) is 13.6 Å². The van der Waals surface area contributed by atoms with Crippen LogP contribution in [0.1, 0.15) is 22.4 Å². The Morgan fingerprint density at radius 3 is 2.46 bits per heavy atom. The topological polar surface area (TPSA) is 57.7 Å². The van der Waals surface area contributed by atoms with Crippen LogP contribution in [0.5, 0.6) is 0 Å². The Balaban J connectivity index is 1.93. The lowest BCUT2D eigenvalue weighted by molar-refractivity contribution is 0.741. The molecule has 0 aliphatic carbocycles. The fraction of sp³-hybridized carbons (Fsp3) is 0.211. The van der Waals surface area contributed by atoms with Crippen molar-refractivity contribution in [2.45, 2.75) is 20.4 Å². The van der Waals surface area contributed by atoms with Gasteiger partial charge in [0.15, 0.2) is 5.82 Å². The monoisotopic (exact) mass is 317 g/mol. The average Bonchev–Trinajstić information content (AvgIpc) is 3.03.